The van der Waals surface area contributed by atoms with E-state index >= 15 is 0 Å². The fourth-order valence-electron chi connectivity index (χ4n) is 1.89. The van der Waals surface area contributed by atoms with Crippen molar-refractivity contribution in [1.29, 1.82) is 0 Å². The summed E-state index contributed by atoms with van der Waals surface area (Å²) in [5.74, 6) is -0.274. The van der Waals surface area contributed by atoms with E-state index in [0.717, 1.165) is 11.3 Å². The van der Waals surface area contributed by atoms with E-state index in [1.54, 1.807) is 17.9 Å². The highest BCUT2D eigenvalue weighted by Gasteiger charge is 2.16. The molecule has 0 fully saturated rings. The first-order valence-corrected chi connectivity index (χ1v) is 6.32. The molecule has 3 N–H and O–H groups in total. The molecule has 1 aromatic carbocycles. The van der Waals surface area contributed by atoms with Gasteiger partial charge in [0, 0.05) is 26.0 Å². The van der Waals surface area contributed by atoms with E-state index < -0.39 is 6.04 Å². The summed E-state index contributed by atoms with van der Waals surface area (Å²) in [4.78, 5) is 13.3. The van der Waals surface area contributed by atoms with Crippen LogP contribution in [0.3, 0.4) is 0 Å². The van der Waals surface area contributed by atoms with Crippen molar-refractivity contribution in [2.75, 3.05) is 13.7 Å². The Morgan fingerprint density at radius 3 is 2.62 bits per heavy atom. The molecule has 0 aliphatic heterocycles. The molecule has 0 aliphatic carbocycles. The molecule has 2 rings (SSSR count). The summed E-state index contributed by atoms with van der Waals surface area (Å²) in [6.07, 6.45) is 3.58. The summed E-state index contributed by atoms with van der Waals surface area (Å²) < 4.78 is 1.76. The van der Waals surface area contributed by atoms with Crippen molar-refractivity contribution in [2.45, 2.75) is 12.6 Å². The topological polar surface area (TPSA) is 84.4 Å². The van der Waals surface area contributed by atoms with Crippen molar-refractivity contribution in [2.24, 2.45) is 5.73 Å². The number of carbonyl (C=O) groups excluding carboxylic acids is 1. The van der Waals surface area contributed by atoms with Gasteiger partial charge in [-0.15, -0.1) is 12.4 Å². The highest BCUT2D eigenvalue weighted by atomic mass is 35.5. The summed E-state index contributed by atoms with van der Waals surface area (Å²) in [5, 5.41) is 13.0. The maximum Gasteiger partial charge on any atom is 0.241 e. The molecule has 2 aromatic rings. The minimum atomic E-state index is -0.858. The molecule has 0 bridgehead atoms. The molecule has 21 heavy (non-hydrogen) atoms. The molecule has 1 atom stereocenters. The average molecular weight is 311 g/mol. The Kier molecular flexibility index (Phi) is 6.36. The van der Waals surface area contributed by atoms with Crippen molar-refractivity contribution < 1.29 is 9.90 Å². The van der Waals surface area contributed by atoms with Crippen LogP contribution in [0.25, 0.3) is 5.69 Å². The predicted octanol–water partition coefficient (Wildman–Crippen LogP) is 0.572. The van der Waals surface area contributed by atoms with Crippen LogP contribution in [-0.4, -0.2) is 45.4 Å². The minimum absolute atomic E-state index is 0. The van der Waals surface area contributed by atoms with Crippen molar-refractivity contribution in [3.05, 3.63) is 48.3 Å². The van der Waals surface area contributed by atoms with Crippen LogP contribution in [0.1, 0.15) is 5.56 Å². The first-order valence-electron chi connectivity index (χ1n) is 6.32. The summed E-state index contributed by atoms with van der Waals surface area (Å²) in [5.41, 5.74) is 7.45. The third-order valence-electron chi connectivity index (χ3n) is 3.02. The van der Waals surface area contributed by atoms with E-state index in [1.807, 2.05) is 36.5 Å². The number of amides is 1. The minimum Gasteiger partial charge on any atom is -0.394 e. The molecule has 0 saturated carbocycles. The number of halogens is 1. The molecule has 1 amide bonds. The van der Waals surface area contributed by atoms with E-state index in [4.69, 9.17) is 10.8 Å². The molecule has 6 nitrogen and oxygen atoms in total. The van der Waals surface area contributed by atoms with Gasteiger partial charge in [0.15, 0.2) is 0 Å². The quantitative estimate of drug-likeness (QED) is 0.845. The standard InChI is InChI=1S/C14H18N4O2.ClH/c1-17(14(20)13(15)10-19)9-11-3-5-12(6-4-11)18-8-2-7-16-18;/h2-8,13,19H,9-10,15H2,1H3;1H/t13-;/m0./s1. The van der Waals surface area contributed by atoms with Crippen molar-refractivity contribution in [3.8, 4) is 5.69 Å². The zero-order valence-corrected chi connectivity index (χ0v) is 12.5. The van der Waals surface area contributed by atoms with Gasteiger partial charge in [-0.2, -0.15) is 5.10 Å². The maximum absolute atomic E-state index is 11.8. The van der Waals surface area contributed by atoms with Crippen LogP contribution in [0.15, 0.2) is 42.7 Å². The molecule has 1 heterocycles. The van der Waals surface area contributed by atoms with Gasteiger partial charge in [-0.05, 0) is 23.8 Å². The lowest BCUT2D eigenvalue weighted by molar-refractivity contribution is -0.132. The molecular formula is C14H19ClN4O2. The average Bonchev–Trinajstić information content (AvgIpc) is 3.00. The van der Waals surface area contributed by atoms with Crippen LogP contribution in [-0.2, 0) is 11.3 Å². The van der Waals surface area contributed by atoms with Gasteiger partial charge in [0.25, 0.3) is 0 Å². The largest absolute Gasteiger partial charge is 0.394 e. The number of aliphatic hydroxyl groups is 1. The van der Waals surface area contributed by atoms with Gasteiger partial charge in [-0.3, -0.25) is 4.79 Å². The first kappa shape index (κ1) is 17.2. The number of likely N-dealkylation sites (N-methyl/N-ethyl adjacent to an activating group) is 1. The van der Waals surface area contributed by atoms with Crippen molar-refractivity contribution >= 4 is 18.3 Å². The number of aromatic nitrogens is 2. The van der Waals surface area contributed by atoms with E-state index in [-0.39, 0.29) is 24.9 Å². The number of nitrogens with zero attached hydrogens (tertiary/aromatic N) is 3. The Bertz CT molecular complexity index is 557. The summed E-state index contributed by atoms with van der Waals surface area (Å²) in [6.45, 7) is 0.104. The summed E-state index contributed by atoms with van der Waals surface area (Å²) >= 11 is 0. The Morgan fingerprint density at radius 1 is 1.43 bits per heavy atom. The molecule has 114 valence electrons. The van der Waals surface area contributed by atoms with Crippen molar-refractivity contribution in [3.63, 3.8) is 0 Å². The van der Waals surface area contributed by atoms with Gasteiger partial charge in [0.2, 0.25) is 5.91 Å². The number of nitrogens with two attached hydrogens (primary N) is 1. The zero-order valence-electron chi connectivity index (χ0n) is 11.7. The monoisotopic (exact) mass is 310 g/mol. The molecule has 0 radical (unpaired) electrons. The number of hydrogen-bond donors (Lipinski definition) is 2. The van der Waals surface area contributed by atoms with E-state index in [0.29, 0.717) is 6.54 Å². The normalized spacial score (nSPS) is 11.6. The second-order valence-corrected chi connectivity index (χ2v) is 4.60. The highest BCUT2D eigenvalue weighted by Crippen LogP contribution is 2.10. The van der Waals surface area contributed by atoms with Crippen LogP contribution < -0.4 is 5.73 Å². The molecular weight excluding hydrogens is 292 g/mol. The number of rotatable bonds is 5. The van der Waals surface area contributed by atoms with Crippen LogP contribution >= 0.6 is 12.4 Å². The Balaban J connectivity index is 0.00000220. The lowest BCUT2D eigenvalue weighted by atomic mass is 10.2. The first-order chi connectivity index (χ1) is 9.61. The van der Waals surface area contributed by atoms with Crippen LogP contribution in [0.4, 0.5) is 0 Å². The Morgan fingerprint density at radius 2 is 2.10 bits per heavy atom. The molecule has 0 spiro atoms. The fraction of sp³-hybridized carbons (Fsp3) is 0.286. The summed E-state index contributed by atoms with van der Waals surface area (Å²) in [6, 6.07) is 8.75. The molecule has 0 saturated heterocycles. The van der Waals surface area contributed by atoms with E-state index in [2.05, 4.69) is 5.10 Å². The van der Waals surface area contributed by atoms with Crippen molar-refractivity contribution in [1.82, 2.24) is 14.7 Å². The smallest absolute Gasteiger partial charge is 0.241 e. The number of aliphatic hydroxyl groups excluding tert-OH is 1. The van der Waals surface area contributed by atoms with Gasteiger partial charge in [-0.25, -0.2) is 4.68 Å². The number of benzene rings is 1. The highest BCUT2D eigenvalue weighted by molar-refractivity contribution is 5.85. The maximum atomic E-state index is 11.8. The Labute approximate surface area is 129 Å². The van der Waals surface area contributed by atoms with Gasteiger partial charge in [0.1, 0.15) is 6.04 Å². The second kappa shape index (κ2) is 7.78. The molecule has 7 heteroatoms. The molecule has 0 unspecified atom stereocenters. The lowest BCUT2D eigenvalue weighted by Gasteiger charge is -2.20. The predicted molar refractivity (Wildman–Crippen MR) is 82.3 cm³/mol. The lowest BCUT2D eigenvalue weighted by Crippen LogP contribution is -2.43. The van der Waals surface area contributed by atoms with Crippen LogP contribution in [0.2, 0.25) is 0 Å². The number of hydrogen-bond acceptors (Lipinski definition) is 4. The van der Waals surface area contributed by atoms with Crippen LogP contribution in [0.5, 0.6) is 0 Å². The SMILES string of the molecule is CN(Cc1ccc(-n2cccn2)cc1)C(=O)[C@@H](N)CO.Cl. The summed E-state index contributed by atoms with van der Waals surface area (Å²) in [7, 11) is 1.67. The fourth-order valence-corrected chi connectivity index (χ4v) is 1.89. The zero-order chi connectivity index (χ0) is 14.5. The molecule has 1 aromatic heterocycles. The second-order valence-electron chi connectivity index (χ2n) is 4.60. The van der Waals surface area contributed by atoms with Gasteiger partial charge >= 0.3 is 0 Å². The number of carbonyl (C=O) groups is 1. The van der Waals surface area contributed by atoms with Gasteiger partial charge in [-0.1, -0.05) is 12.1 Å². The van der Waals surface area contributed by atoms with Crippen LogP contribution in [0, 0.1) is 0 Å². The third-order valence-corrected chi connectivity index (χ3v) is 3.02. The Hall–Kier alpha value is -1.89. The van der Waals surface area contributed by atoms with E-state index in [9.17, 15) is 4.79 Å². The van der Waals surface area contributed by atoms with Gasteiger partial charge in [0.05, 0.1) is 12.3 Å². The molecule has 0 aliphatic rings. The third kappa shape index (κ3) is 4.29. The van der Waals surface area contributed by atoms with E-state index in [1.165, 1.54) is 4.90 Å². The van der Waals surface area contributed by atoms with Gasteiger partial charge < -0.3 is 15.7 Å².